The Morgan fingerprint density at radius 1 is 1.25 bits per heavy atom. The van der Waals surface area contributed by atoms with Crippen molar-refractivity contribution in [3.8, 4) is 11.4 Å². The lowest BCUT2D eigenvalue weighted by molar-refractivity contribution is -0.648. The van der Waals surface area contributed by atoms with Gasteiger partial charge in [0.25, 0.3) is 5.65 Å². The first kappa shape index (κ1) is 10.1. The van der Waals surface area contributed by atoms with Crippen LogP contribution in [-0.2, 0) is 13.6 Å². The van der Waals surface area contributed by atoms with Gasteiger partial charge in [0, 0.05) is 24.0 Å². The minimum Gasteiger partial charge on any atom is -0.264 e. The van der Waals surface area contributed by atoms with E-state index in [1.807, 2.05) is 36.1 Å². The fourth-order valence-electron chi connectivity index (χ4n) is 3.12. The second kappa shape index (κ2) is 3.22. The fourth-order valence-corrected chi connectivity index (χ4v) is 3.12. The number of aromatic nitrogens is 6. The highest BCUT2D eigenvalue weighted by Gasteiger charge is 2.34. The molecule has 0 unspecified atom stereocenters. The van der Waals surface area contributed by atoms with Crippen molar-refractivity contribution < 1.29 is 4.57 Å². The van der Waals surface area contributed by atoms with Gasteiger partial charge in [0.15, 0.2) is 0 Å². The van der Waals surface area contributed by atoms with Crippen LogP contribution in [0.15, 0.2) is 36.8 Å². The first-order chi connectivity index (χ1) is 9.84. The van der Waals surface area contributed by atoms with Crippen LogP contribution >= 0.6 is 0 Å². The standard InChI is InChI=1S/C14H11N6/c1-18-12-14(20-11(17-12)3-2-5-16-20)19-8-9-4-6-15-7-10(9)13(18)19/h2-7H,8H2,1H3/q+1. The van der Waals surface area contributed by atoms with E-state index in [-0.39, 0.29) is 0 Å². The van der Waals surface area contributed by atoms with Gasteiger partial charge in [0.1, 0.15) is 0 Å². The topological polar surface area (TPSA) is 51.9 Å². The average molecular weight is 263 g/mol. The van der Waals surface area contributed by atoms with Crippen LogP contribution in [0.25, 0.3) is 28.3 Å². The predicted molar refractivity (Wildman–Crippen MR) is 72.0 cm³/mol. The molecule has 1 aliphatic heterocycles. The van der Waals surface area contributed by atoms with Gasteiger partial charge in [-0.1, -0.05) is 0 Å². The molecule has 0 saturated carbocycles. The van der Waals surface area contributed by atoms with Gasteiger partial charge < -0.3 is 0 Å². The van der Waals surface area contributed by atoms with E-state index in [2.05, 4.69) is 30.3 Å². The third-order valence-corrected chi connectivity index (χ3v) is 3.98. The Morgan fingerprint density at radius 3 is 3.15 bits per heavy atom. The molecule has 0 aliphatic carbocycles. The molecule has 20 heavy (non-hydrogen) atoms. The van der Waals surface area contributed by atoms with Crippen LogP contribution in [0, 0.1) is 0 Å². The van der Waals surface area contributed by atoms with Crippen molar-refractivity contribution in [3.63, 3.8) is 0 Å². The van der Waals surface area contributed by atoms with E-state index in [1.165, 1.54) is 11.1 Å². The fraction of sp³-hybridized carbons (Fsp3) is 0.143. The Bertz CT molecular complexity index is 994. The summed E-state index contributed by atoms with van der Waals surface area (Å²) in [6.07, 6.45) is 5.56. The third-order valence-electron chi connectivity index (χ3n) is 3.98. The Labute approximate surface area is 113 Å². The Hall–Kier alpha value is -2.76. The molecule has 1 aliphatic rings. The Kier molecular flexibility index (Phi) is 1.62. The second-order valence-electron chi connectivity index (χ2n) is 5.05. The maximum atomic E-state index is 4.67. The van der Waals surface area contributed by atoms with Gasteiger partial charge in [-0.05, 0) is 12.1 Å². The molecule has 4 aromatic heterocycles. The highest BCUT2D eigenvalue weighted by molar-refractivity contribution is 5.75. The SMILES string of the molecule is Cn1c2[n+](c3c1nc1cccnn13)Cc1ccncc1-2. The quantitative estimate of drug-likeness (QED) is 0.391. The van der Waals surface area contributed by atoms with Crippen LogP contribution in [-0.4, -0.2) is 24.1 Å². The third kappa shape index (κ3) is 1.01. The van der Waals surface area contributed by atoms with Gasteiger partial charge in [-0.3, -0.25) is 4.98 Å². The van der Waals surface area contributed by atoms with Gasteiger partial charge in [-0.2, -0.15) is 4.98 Å². The average Bonchev–Trinajstić information content (AvgIpc) is 3.10. The van der Waals surface area contributed by atoms with Crippen LogP contribution in [0.3, 0.4) is 0 Å². The Balaban J connectivity index is 1.99. The van der Waals surface area contributed by atoms with E-state index in [1.54, 1.807) is 6.20 Å². The lowest BCUT2D eigenvalue weighted by Crippen LogP contribution is -2.32. The summed E-state index contributed by atoms with van der Waals surface area (Å²) in [6, 6.07) is 5.96. The van der Waals surface area contributed by atoms with Gasteiger partial charge in [-0.15, -0.1) is 9.61 Å². The maximum absolute atomic E-state index is 4.67. The maximum Gasteiger partial charge on any atom is 0.315 e. The molecule has 0 saturated heterocycles. The van der Waals surface area contributed by atoms with E-state index >= 15 is 0 Å². The summed E-state index contributed by atoms with van der Waals surface area (Å²) < 4.78 is 6.28. The largest absolute Gasteiger partial charge is 0.315 e. The van der Waals surface area contributed by atoms with Gasteiger partial charge in [0.2, 0.25) is 11.5 Å². The Morgan fingerprint density at radius 2 is 2.20 bits per heavy atom. The molecular weight excluding hydrogens is 252 g/mol. The molecule has 0 spiro atoms. The van der Waals surface area contributed by atoms with Crippen molar-refractivity contribution >= 4 is 16.9 Å². The highest BCUT2D eigenvalue weighted by atomic mass is 15.4. The van der Waals surface area contributed by atoms with E-state index in [4.69, 9.17) is 0 Å². The van der Waals surface area contributed by atoms with Crippen LogP contribution in [0.2, 0.25) is 0 Å². The van der Waals surface area contributed by atoms with Crippen molar-refractivity contribution in [2.45, 2.75) is 6.54 Å². The molecule has 6 heteroatoms. The molecule has 0 N–H and O–H groups in total. The van der Waals surface area contributed by atoms with Crippen LogP contribution in [0.4, 0.5) is 0 Å². The molecule has 6 nitrogen and oxygen atoms in total. The lowest BCUT2D eigenvalue weighted by atomic mass is 10.2. The molecule has 5 rings (SSSR count). The molecule has 0 aromatic carbocycles. The van der Waals surface area contributed by atoms with E-state index in [0.29, 0.717) is 0 Å². The van der Waals surface area contributed by atoms with E-state index < -0.39 is 0 Å². The lowest BCUT2D eigenvalue weighted by Gasteiger charge is -1.95. The number of pyridine rings is 1. The molecule has 96 valence electrons. The van der Waals surface area contributed by atoms with Gasteiger partial charge >= 0.3 is 5.65 Å². The second-order valence-corrected chi connectivity index (χ2v) is 5.05. The van der Waals surface area contributed by atoms with Crippen LogP contribution in [0.1, 0.15) is 5.56 Å². The zero-order chi connectivity index (χ0) is 13.3. The number of imidazole rings is 2. The van der Waals surface area contributed by atoms with E-state index in [9.17, 15) is 0 Å². The van der Waals surface area contributed by atoms with Crippen LogP contribution < -0.4 is 4.57 Å². The smallest absolute Gasteiger partial charge is 0.264 e. The van der Waals surface area contributed by atoms with Gasteiger partial charge in [0.05, 0.1) is 25.4 Å². The molecule has 0 amide bonds. The summed E-state index contributed by atoms with van der Waals surface area (Å²) in [5, 5.41) is 4.43. The summed E-state index contributed by atoms with van der Waals surface area (Å²) in [5.74, 6) is 1.14. The number of hydrogen-bond acceptors (Lipinski definition) is 3. The number of hydrogen-bond donors (Lipinski definition) is 0. The van der Waals surface area contributed by atoms with Gasteiger partial charge in [-0.25, -0.2) is 9.13 Å². The zero-order valence-electron chi connectivity index (χ0n) is 10.9. The molecular formula is C14H11N6+. The summed E-state index contributed by atoms with van der Waals surface area (Å²) >= 11 is 0. The normalized spacial score (nSPS) is 13.1. The van der Waals surface area contributed by atoms with Crippen molar-refractivity contribution in [3.05, 3.63) is 42.4 Å². The monoisotopic (exact) mass is 263 g/mol. The molecule has 4 aromatic rings. The van der Waals surface area contributed by atoms with Crippen molar-refractivity contribution in [1.82, 2.24) is 24.1 Å². The van der Waals surface area contributed by atoms with Crippen molar-refractivity contribution in [1.29, 1.82) is 0 Å². The molecule has 5 heterocycles. The number of aryl methyl sites for hydroxylation is 1. The summed E-state index contributed by atoms with van der Waals surface area (Å²) in [6.45, 7) is 0.842. The van der Waals surface area contributed by atoms with E-state index in [0.717, 1.165) is 29.3 Å². The van der Waals surface area contributed by atoms with Crippen molar-refractivity contribution in [2.75, 3.05) is 0 Å². The molecule has 0 radical (unpaired) electrons. The molecule has 0 atom stereocenters. The summed E-state index contributed by atoms with van der Waals surface area (Å²) in [4.78, 5) is 8.92. The molecule has 0 fully saturated rings. The predicted octanol–water partition coefficient (Wildman–Crippen LogP) is 0.932. The number of rotatable bonds is 0. The van der Waals surface area contributed by atoms with Crippen LogP contribution in [0.5, 0.6) is 0 Å². The first-order valence-corrected chi connectivity index (χ1v) is 6.50. The summed E-state index contributed by atoms with van der Waals surface area (Å²) in [7, 11) is 2.04. The number of fused-ring (bicyclic) bond motifs is 7. The summed E-state index contributed by atoms with van der Waals surface area (Å²) in [5.41, 5.74) is 5.33. The molecule has 0 bridgehead atoms. The first-order valence-electron chi connectivity index (χ1n) is 6.50. The number of nitrogens with zero attached hydrogens (tertiary/aromatic N) is 6. The van der Waals surface area contributed by atoms with Crippen molar-refractivity contribution in [2.24, 2.45) is 7.05 Å². The zero-order valence-corrected chi connectivity index (χ0v) is 10.9. The minimum absolute atomic E-state index is 0.842. The highest BCUT2D eigenvalue weighted by Crippen LogP contribution is 2.29. The minimum atomic E-state index is 0.842.